The molecule has 13 heteroatoms. The Morgan fingerprint density at radius 3 is 2.67 bits per heavy atom. The van der Waals surface area contributed by atoms with Crippen LogP contribution in [0.15, 0.2) is 29.6 Å². The van der Waals surface area contributed by atoms with Crippen LogP contribution in [0.1, 0.15) is 6.23 Å². The molecule has 3 aromatic heterocycles. The maximum absolute atomic E-state index is 11.5. The van der Waals surface area contributed by atoms with Gasteiger partial charge < -0.3 is 36.5 Å². The number of nitrogens with two attached hydrogens (primary N) is 2. The predicted octanol–water partition coefficient (Wildman–Crippen LogP) is -2.63. The summed E-state index contributed by atoms with van der Waals surface area (Å²) in [7, 11) is 0. The maximum Gasteiger partial charge on any atom is 0.351 e. The van der Waals surface area contributed by atoms with E-state index >= 15 is 0 Å². The van der Waals surface area contributed by atoms with Crippen molar-refractivity contribution in [2.45, 2.75) is 24.5 Å². The van der Waals surface area contributed by atoms with Crippen LogP contribution >= 0.6 is 0 Å². The van der Waals surface area contributed by atoms with Gasteiger partial charge in [-0.25, -0.2) is 14.8 Å². The van der Waals surface area contributed by atoms with E-state index in [1.165, 1.54) is 12.3 Å². The molecule has 1 aliphatic heterocycles. The Morgan fingerprint density at radius 1 is 1.22 bits per heavy atom. The number of hydrogen-bond donors (Lipinski definition) is 6. The summed E-state index contributed by atoms with van der Waals surface area (Å²) in [6, 6.07) is 1.37. The van der Waals surface area contributed by atoms with Crippen LogP contribution in [-0.2, 0) is 4.74 Å². The molecule has 0 saturated carbocycles. The number of anilines is 2. The highest BCUT2D eigenvalue weighted by Gasteiger charge is 2.43. The Bertz CT molecular complexity index is 975. The molecule has 0 aliphatic carbocycles. The van der Waals surface area contributed by atoms with Gasteiger partial charge in [0.25, 0.3) is 0 Å². The molecule has 1 aliphatic rings. The first-order valence-corrected chi connectivity index (χ1v) is 7.79. The lowest BCUT2D eigenvalue weighted by molar-refractivity contribution is -0.0549. The van der Waals surface area contributed by atoms with Crippen molar-refractivity contribution in [3.05, 3.63) is 35.3 Å². The maximum atomic E-state index is 11.5. The minimum absolute atomic E-state index is 0.0537. The zero-order valence-corrected chi connectivity index (χ0v) is 13.9. The number of aromatic amines is 1. The normalized spacial score (nSPS) is 24.6. The van der Waals surface area contributed by atoms with Gasteiger partial charge in [-0.15, -0.1) is 0 Å². The third-order valence-corrected chi connectivity index (χ3v) is 3.84. The molecule has 3 aromatic rings. The van der Waals surface area contributed by atoms with Gasteiger partial charge in [-0.2, -0.15) is 9.97 Å². The van der Waals surface area contributed by atoms with E-state index in [0.717, 1.165) is 10.1 Å². The minimum Gasteiger partial charge on any atom is -0.394 e. The molecule has 8 N–H and O–H groups in total. The molecule has 1 saturated heterocycles. The smallest absolute Gasteiger partial charge is 0.351 e. The second kappa shape index (κ2) is 7.63. The van der Waals surface area contributed by atoms with Crippen LogP contribution in [0.2, 0.25) is 0 Å². The average Bonchev–Trinajstić information content (AvgIpc) is 3.21. The van der Waals surface area contributed by atoms with Crippen molar-refractivity contribution >= 4 is 22.9 Å². The summed E-state index contributed by atoms with van der Waals surface area (Å²) in [5.74, 6) is 0.303. The molecular formula is C14H18N8O5. The fourth-order valence-corrected chi connectivity index (χ4v) is 2.48. The second-order valence-electron chi connectivity index (χ2n) is 5.64. The van der Waals surface area contributed by atoms with Crippen molar-refractivity contribution in [3.8, 4) is 0 Å². The van der Waals surface area contributed by atoms with E-state index in [9.17, 15) is 15.0 Å². The summed E-state index contributed by atoms with van der Waals surface area (Å²) < 4.78 is 6.19. The molecular weight excluding hydrogens is 360 g/mol. The van der Waals surface area contributed by atoms with Gasteiger partial charge in [0, 0.05) is 6.20 Å². The number of fused-ring (bicyclic) bond motifs is 1. The first-order chi connectivity index (χ1) is 12.9. The quantitative estimate of drug-likeness (QED) is 0.271. The lowest BCUT2D eigenvalue weighted by atomic mass is 10.1. The lowest BCUT2D eigenvalue weighted by Gasteiger charge is -2.16. The number of imidazole rings is 1. The van der Waals surface area contributed by atoms with Crippen LogP contribution in [0.5, 0.6) is 0 Å². The first-order valence-electron chi connectivity index (χ1n) is 7.79. The van der Waals surface area contributed by atoms with Crippen LogP contribution in [0.25, 0.3) is 11.2 Å². The van der Waals surface area contributed by atoms with Gasteiger partial charge in [0.1, 0.15) is 29.6 Å². The molecule has 4 atom stereocenters. The number of nitrogens with one attached hydrogen (secondary N) is 1. The Morgan fingerprint density at radius 2 is 2.00 bits per heavy atom. The van der Waals surface area contributed by atoms with Crippen LogP contribution in [-0.4, -0.2) is 69.7 Å². The Balaban J connectivity index is 0.000000177. The third-order valence-electron chi connectivity index (χ3n) is 3.84. The van der Waals surface area contributed by atoms with Crippen LogP contribution in [0.4, 0.5) is 11.8 Å². The first kappa shape index (κ1) is 18.7. The monoisotopic (exact) mass is 378 g/mol. The largest absolute Gasteiger partial charge is 0.394 e. The van der Waals surface area contributed by atoms with Crippen molar-refractivity contribution in [1.29, 1.82) is 0 Å². The number of aliphatic hydroxyl groups excluding tert-OH is 3. The number of rotatable bonds is 2. The van der Waals surface area contributed by atoms with E-state index < -0.39 is 36.8 Å². The topological polar surface area (TPSA) is 211 Å². The van der Waals surface area contributed by atoms with Gasteiger partial charge in [0.15, 0.2) is 11.9 Å². The molecule has 4 rings (SSSR count). The van der Waals surface area contributed by atoms with Gasteiger partial charge in [-0.3, -0.25) is 4.57 Å². The SMILES string of the molecule is Nc1ccn([C@@H]2O[C@H](CO)[C@@H](O)[C@H]2O)c(=O)n1.Nc1ncc2[nH]cnc2n1. The zero-order chi connectivity index (χ0) is 19.6. The Labute approximate surface area is 151 Å². The molecule has 13 nitrogen and oxygen atoms in total. The van der Waals surface area contributed by atoms with Crippen LogP contribution in [0, 0.1) is 0 Å². The van der Waals surface area contributed by atoms with Crippen LogP contribution in [0.3, 0.4) is 0 Å². The number of H-pyrrole nitrogens is 1. The number of aromatic nitrogens is 6. The van der Waals surface area contributed by atoms with Crippen molar-refractivity contribution in [1.82, 2.24) is 29.5 Å². The van der Waals surface area contributed by atoms with Crippen molar-refractivity contribution in [2.24, 2.45) is 0 Å². The summed E-state index contributed by atoms with van der Waals surface area (Å²) in [5, 5.41) is 28.2. The average molecular weight is 378 g/mol. The molecule has 0 bridgehead atoms. The van der Waals surface area contributed by atoms with Gasteiger partial charge in [0.2, 0.25) is 5.95 Å². The number of nitrogens with zero attached hydrogens (tertiary/aromatic N) is 5. The second-order valence-corrected chi connectivity index (χ2v) is 5.64. The molecule has 4 heterocycles. The highest BCUT2D eigenvalue weighted by molar-refractivity contribution is 5.69. The van der Waals surface area contributed by atoms with E-state index in [1.807, 2.05) is 0 Å². The Hall–Kier alpha value is -3.13. The molecule has 0 spiro atoms. The van der Waals surface area contributed by atoms with Crippen molar-refractivity contribution in [3.63, 3.8) is 0 Å². The van der Waals surface area contributed by atoms with Gasteiger partial charge in [0.05, 0.1) is 19.1 Å². The molecule has 144 valence electrons. The van der Waals surface area contributed by atoms with E-state index in [-0.39, 0.29) is 11.8 Å². The zero-order valence-electron chi connectivity index (χ0n) is 13.9. The standard InChI is InChI=1S/C9H13N3O5.C5H5N5/c10-5-1-2-12(9(16)11-5)8-7(15)6(14)4(3-13)17-8;6-5-7-1-3-4(10-5)9-2-8-3/h1-2,4,6-8,13-15H,3H2,(H2,10,11,16);1-2H,(H3,6,7,8,9,10)/t4-,6-,7-,8-;/m1./s1. The summed E-state index contributed by atoms with van der Waals surface area (Å²) in [6.07, 6.45) is -0.110. The van der Waals surface area contributed by atoms with Gasteiger partial charge in [-0.1, -0.05) is 0 Å². The molecule has 0 radical (unpaired) electrons. The molecule has 27 heavy (non-hydrogen) atoms. The van der Waals surface area contributed by atoms with Crippen LogP contribution < -0.4 is 17.2 Å². The van der Waals surface area contributed by atoms with E-state index in [4.69, 9.17) is 21.3 Å². The Kier molecular flexibility index (Phi) is 5.27. The lowest BCUT2D eigenvalue weighted by Crippen LogP contribution is -2.36. The molecule has 0 amide bonds. The van der Waals surface area contributed by atoms with Crippen molar-refractivity contribution < 1.29 is 20.1 Å². The molecule has 0 unspecified atom stereocenters. The fourth-order valence-electron chi connectivity index (χ4n) is 2.48. The highest BCUT2D eigenvalue weighted by atomic mass is 16.6. The fraction of sp³-hybridized carbons (Fsp3) is 0.357. The summed E-state index contributed by atoms with van der Waals surface area (Å²) in [5.41, 5.74) is 11.3. The number of aliphatic hydroxyl groups is 3. The number of hydrogen-bond acceptors (Lipinski definition) is 11. The van der Waals surface area contributed by atoms with E-state index in [2.05, 4.69) is 24.9 Å². The predicted molar refractivity (Wildman–Crippen MR) is 92.0 cm³/mol. The van der Waals surface area contributed by atoms with E-state index in [1.54, 1.807) is 12.5 Å². The number of ether oxygens (including phenoxy) is 1. The van der Waals surface area contributed by atoms with Gasteiger partial charge >= 0.3 is 5.69 Å². The summed E-state index contributed by atoms with van der Waals surface area (Å²) >= 11 is 0. The van der Waals surface area contributed by atoms with Crippen molar-refractivity contribution in [2.75, 3.05) is 18.1 Å². The number of nitrogen functional groups attached to an aromatic ring is 2. The molecule has 1 fully saturated rings. The highest BCUT2D eigenvalue weighted by Crippen LogP contribution is 2.27. The minimum atomic E-state index is -1.31. The van der Waals surface area contributed by atoms with E-state index in [0.29, 0.717) is 5.65 Å². The third kappa shape index (κ3) is 3.85. The van der Waals surface area contributed by atoms with Gasteiger partial charge in [-0.05, 0) is 6.07 Å². The summed E-state index contributed by atoms with van der Waals surface area (Å²) in [4.78, 5) is 29.4. The summed E-state index contributed by atoms with van der Waals surface area (Å²) in [6.45, 7) is -0.453. The molecule has 0 aromatic carbocycles.